The predicted octanol–water partition coefficient (Wildman–Crippen LogP) is 4.64. The second-order valence-corrected chi connectivity index (χ2v) is 8.37. The van der Waals surface area contributed by atoms with Gasteiger partial charge in [-0.05, 0) is 51.2 Å². The molecule has 0 saturated heterocycles. The van der Waals surface area contributed by atoms with E-state index in [9.17, 15) is 0 Å². The molecule has 1 heterocycles. The maximum Gasteiger partial charge on any atom is 0.101 e. The van der Waals surface area contributed by atoms with Crippen molar-refractivity contribution in [2.75, 3.05) is 0 Å². The number of hydrogen-bond acceptors (Lipinski definition) is 3. The average molecular weight is 292 g/mol. The molecule has 2 rings (SSSR count). The van der Waals surface area contributed by atoms with Crippen LogP contribution in [0.4, 0.5) is 0 Å². The number of aromatic nitrogens is 1. The summed E-state index contributed by atoms with van der Waals surface area (Å²) in [5, 5.41) is 5.55. The van der Waals surface area contributed by atoms with Crippen LogP contribution in [-0.4, -0.2) is 15.8 Å². The van der Waals surface area contributed by atoms with E-state index in [-0.39, 0.29) is 5.54 Å². The standard InChI is InChI=1S/C17H28N2S/c1-13-7-5-9-15(11-13)20-16-14(8-6-10-18-16)12-19-17(2,3)4/h6,8,10,13,15,19H,5,7,9,11-12H2,1-4H3. The van der Waals surface area contributed by atoms with Crippen LogP contribution in [0.2, 0.25) is 0 Å². The van der Waals surface area contributed by atoms with E-state index in [1.165, 1.54) is 36.3 Å². The number of nitrogens with one attached hydrogen (secondary N) is 1. The summed E-state index contributed by atoms with van der Waals surface area (Å²) in [6.45, 7) is 9.91. The molecule has 3 heteroatoms. The molecule has 1 N–H and O–H groups in total. The first-order valence-corrected chi connectivity index (χ1v) is 8.67. The minimum Gasteiger partial charge on any atom is -0.308 e. The number of nitrogens with zero attached hydrogens (tertiary/aromatic N) is 1. The Morgan fingerprint density at radius 2 is 2.15 bits per heavy atom. The second-order valence-electron chi connectivity index (χ2n) is 7.08. The fourth-order valence-electron chi connectivity index (χ4n) is 2.67. The molecule has 2 atom stereocenters. The molecular formula is C17H28N2S. The molecule has 1 aromatic heterocycles. The van der Waals surface area contributed by atoms with E-state index in [1.807, 2.05) is 24.0 Å². The Kier molecular flexibility index (Phi) is 5.50. The molecule has 2 nitrogen and oxygen atoms in total. The van der Waals surface area contributed by atoms with Crippen LogP contribution in [0, 0.1) is 5.92 Å². The molecular weight excluding hydrogens is 264 g/mol. The lowest BCUT2D eigenvalue weighted by Gasteiger charge is -2.27. The van der Waals surface area contributed by atoms with E-state index < -0.39 is 0 Å². The van der Waals surface area contributed by atoms with Crippen LogP contribution in [0.5, 0.6) is 0 Å². The van der Waals surface area contributed by atoms with Gasteiger partial charge in [0, 0.05) is 23.5 Å². The van der Waals surface area contributed by atoms with Gasteiger partial charge in [-0.3, -0.25) is 0 Å². The van der Waals surface area contributed by atoms with Gasteiger partial charge in [-0.25, -0.2) is 4.98 Å². The van der Waals surface area contributed by atoms with Gasteiger partial charge in [0.25, 0.3) is 0 Å². The molecule has 0 bridgehead atoms. The molecule has 1 aliphatic carbocycles. The normalized spacial score (nSPS) is 23.8. The van der Waals surface area contributed by atoms with E-state index in [2.05, 4.69) is 44.1 Å². The third kappa shape index (κ3) is 5.10. The SMILES string of the molecule is CC1CCCC(Sc2ncccc2CNC(C)(C)C)C1. The van der Waals surface area contributed by atoms with Gasteiger partial charge in [-0.15, -0.1) is 11.8 Å². The van der Waals surface area contributed by atoms with Gasteiger partial charge in [-0.2, -0.15) is 0 Å². The molecule has 2 unspecified atom stereocenters. The van der Waals surface area contributed by atoms with Crippen LogP contribution < -0.4 is 5.32 Å². The lowest BCUT2D eigenvalue weighted by molar-refractivity contribution is 0.394. The Morgan fingerprint density at radius 3 is 2.85 bits per heavy atom. The van der Waals surface area contributed by atoms with Gasteiger partial charge in [0.1, 0.15) is 5.03 Å². The van der Waals surface area contributed by atoms with Crippen molar-refractivity contribution >= 4 is 11.8 Å². The van der Waals surface area contributed by atoms with Gasteiger partial charge < -0.3 is 5.32 Å². The Hall–Kier alpha value is -0.540. The van der Waals surface area contributed by atoms with Gasteiger partial charge in [-0.1, -0.05) is 25.8 Å². The third-order valence-corrected chi connectivity index (χ3v) is 5.18. The van der Waals surface area contributed by atoms with Crippen molar-refractivity contribution in [3.05, 3.63) is 23.9 Å². The molecule has 112 valence electrons. The maximum atomic E-state index is 4.62. The van der Waals surface area contributed by atoms with Crippen molar-refractivity contribution in [3.8, 4) is 0 Å². The van der Waals surface area contributed by atoms with Crippen molar-refractivity contribution in [2.24, 2.45) is 5.92 Å². The van der Waals surface area contributed by atoms with E-state index in [1.54, 1.807) is 0 Å². The molecule has 0 radical (unpaired) electrons. The fraction of sp³-hybridized carbons (Fsp3) is 0.706. The average Bonchev–Trinajstić information content (AvgIpc) is 2.37. The molecule has 0 aromatic carbocycles. The Labute approximate surface area is 128 Å². The lowest BCUT2D eigenvalue weighted by atomic mass is 9.91. The van der Waals surface area contributed by atoms with Crippen molar-refractivity contribution in [2.45, 2.75) is 75.7 Å². The molecule has 0 aliphatic heterocycles. The van der Waals surface area contributed by atoms with Crippen molar-refractivity contribution < 1.29 is 0 Å². The summed E-state index contributed by atoms with van der Waals surface area (Å²) < 4.78 is 0. The molecule has 1 fully saturated rings. The molecule has 1 aromatic rings. The quantitative estimate of drug-likeness (QED) is 0.875. The summed E-state index contributed by atoms with van der Waals surface area (Å²) >= 11 is 1.99. The highest BCUT2D eigenvalue weighted by Gasteiger charge is 2.21. The van der Waals surface area contributed by atoms with E-state index in [4.69, 9.17) is 0 Å². The fourth-order valence-corrected chi connectivity index (χ4v) is 4.11. The van der Waals surface area contributed by atoms with E-state index >= 15 is 0 Å². The Balaban J connectivity index is 2.00. The highest BCUT2D eigenvalue weighted by atomic mass is 32.2. The van der Waals surface area contributed by atoms with Crippen molar-refractivity contribution in [3.63, 3.8) is 0 Å². The predicted molar refractivity (Wildman–Crippen MR) is 88.1 cm³/mol. The van der Waals surface area contributed by atoms with Gasteiger partial charge in [0.2, 0.25) is 0 Å². The number of hydrogen-bond donors (Lipinski definition) is 1. The molecule has 0 amide bonds. The first kappa shape index (κ1) is 15.8. The van der Waals surface area contributed by atoms with Crippen LogP contribution in [0.15, 0.2) is 23.4 Å². The summed E-state index contributed by atoms with van der Waals surface area (Å²) in [4.78, 5) is 4.62. The van der Waals surface area contributed by atoms with Crippen LogP contribution in [0.25, 0.3) is 0 Å². The minimum atomic E-state index is 0.150. The monoisotopic (exact) mass is 292 g/mol. The van der Waals surface area contributed by atoms with E-state index in [0.29, 0.717) is 0 Å². The van der Waals surface area contributed by atoms with Crippen LogP contribution in [0.1, 0.15) is 58.9 Å². The maximum absolute atomic E-state index is 4.62. The van der Waals surface area contributed by atoms with Crippen LogP contribution in [0.3, 0.4) is 0 Å². The Morgan fingerprint density at radius 1 is 1.35 bits per heavy atom. The number of thioether (sulfide) groups is 1. The van der Waals surface area contributed by atoms with Crippen molar-refractivity contribution in [1.29, 1.82) is 0 Å². The Bertz CT molecular complexity index is 425. The highest BCUT2D eigenvalue weighted by Crippen LogP contribution is 2.36. The van der Waals surface area contributed by atoms with Gasteiger partial charge in [0.05, 0.1) is 0 Å². The largest absolute Gasteiger partial charge is 0.308 e. The van der Waals surface area contributed by atoms with Crippen molar-refractivity contribution in [1.82, 2.24) is 10.3 Å². The number of rotatable bonds is 4. The zero-order chi connectivity index (χ0) is 14.6. The van der Waals surface area contributed by atoms with Gasteiger partial charge in [0.15, 0.2) is 0 Å². The smallest absolute Gasteiger partial charge is 0.101 e. The summed E-state index contributed by atoms with van der Waals surface area (Å²) in [6, 6.07) is 4.26. The zero-order valence-electron chi connectivity index (χ0n) is 13.3. The molecule has 0 spiro atoms. The molecule has 20 heavy (non-hydrogen) atoms. The minimum absolute atomic E-state index is 0.150. The second kappa shape index (κ2) is 6.95. The zero-order valence-corrected chi connectivity index (χ0v) is 14.1. The summed E-state index contributed by atoms with van der Waals surface area (Å²) in [5.41, 5.74) is 1.49. The molecule has 1 aliphatic rings. The first-order chi connectivity index (χ1) is 9.44. The van der Waals surface area contributed by atoms with E-state index in [0.717, 1.165) is 17.7 Å². The highest BCUT2D eigenvalue weighted by molar-refractivity contribution is 7.99. The molecule has 1 saturated carbocycles. The first-order valence-electron chi connectivity index (χ1n) is 7.79. The van der Waals surface area contributed by atoms with Crippen LogP contribution >= 0.6 is 11.8 Å². The topological polar surface area (TPSA) is 24.9 Å². The summed E-state index contributed by atoms with van der Waals surface area (Å²) in [6.07, 6.45) is 7.39. The number of pyridine rings is 1. The summed E-state index contributed by atoms with van der Waals surface area (Å²) in [5.74, 6) is 0.876. The van der Waals surface area contributed by atoms with Crippen LogP contribution in [-0.2, 0) is 6.54 Å². The third-order valence-electron chi connectivity index (χ3n) is 3.83. The summed E-state index contributed by atoms with van der Waals surface area (Å²) in [7, 11) is 0. The lowest BCUT2D eigenvalue weighted by Crippen LogP contribution is -2.35. The van der Waals surface area contributed by atoms with Gasteiger partial charge >= 0.3 is 0 Å².